The van der Waals surface area contributed by atoms with Gasteiger partial charge in [-0.1, -0.05) is 0 Å². The molecular formula is C14H26O9. The molecule has 0 aromatic carbocycles. The van der Waals surface area contributed by atoms with Crippen LogP contribution in [0.3, 0.4) is 0 Å². The van der Waals surface area contributed by atoms with Gasteiger partial charge in [-0.2, -0.15) is 0 Å². The summed E-state index contributed by atoms with van der Waals surface area (Å²) in [4.78, 5) is 22.4. The molecule has 0 aromatic rings. The van der Waals surface area contributed by atoms with E-state index in [4.69, 9.17) is 29.2 Å². The van der Waals surface area contributed by atoms with Gasteiger partial charge in [0.05, 0.1) is 25.4 Å². The molecule has 0 aliphatic carbocycles. The van der Waals surface area contributed by atoms with Gasteiger partial charge in [0, 0.05) is 0 Å². The van der Waals surface area contributed by atoms with Gasteiger partial charge in [0.15, 0.2) is 0 Å². The summed E-state index contributed by atoms with van der Waals surface area (Å²) in [7, 11) is 0. The highest BCUT2D eigenvalue weighted by molar-refractivity contribution is 5.60. The van der Waals surface area contributed by atoms with Gasteiger partial charge in [-0.15, -0.1) is 0 Å². The Morgan fingerprint density at radius 3 is 1.87 bits per heavy atom. The van der Waals surface area contributed by atoms with Crippen molar-refractivity contribution in [2.75, 3.05) is 26.4 Å². The first kappa shape index (κ1) is 21.4. The molecule has 9 nitrogen and oxygen atoms in total. The van der Waals surface area contributed by atoms with Gasteiger partial charge in [-0.25, -0.2) is 9.59 Å². The second-order valence-electron chi connectivity index (χ2n) is 5.15. The van der Waals surface area contributed by atoms with Gasteiger partial charge in [0.2, 0.25) is 0 Å². The maximum Gasteiger partial charge on any atom is 0.508 e. The Bertz CT molecular complexity index is 345. The van der Waals surface area contributed by atoms with Gasteiger partial charge < -0.3 is 33.9 Å². The molecule has 0 saturated carbocycles. The minimum Gasteiger partial charge on any atom is -0.432 e. The summed E-state index contributed by atoms with van der Waals surface area (Å²) in [6.45, 7) is 5.87. The number of carbonyl (C=O) groups excluding carboxylic acids is 2. The Hall–Kier alpha value is -1.58. The largest absolute Gasteiger partial charge is 0.508 e. The molecule has 0 saturated heterocycles. The van der Waals surface area contributed by atoms with Crippen molar-refractivity contribution in [3.05, 3.63) is 0 Å². The fourth-order valence-corrected chi connectivity index (χ4v) is 1.19. The molecule has 23 heavy (non-hydrogen) atoms. The summed E-state index contributed by atoms with van der Waals surface area (Å²) < 4.78 is 24.4. The first-order valence-electron chi connectivity index (χ1n) is 7.31. The van der Waals surface area contributed by atoms with Gasteiger partial charge in [0.1, 0.15) is 25.4 Å². The first-order chi connectivity index (χ1) is 10.7. The molecule has 136 valence electrons. The molecule has 0 heterocycles. The Kier molecular flexibility index (Phi) is 11.1. The third-order valence-corrected chi connectivity index (χ3v) is 2.35. The Morgan fingerprint density at radius 2 is 1.35 bits per heavy atom. The monoisotopic (exact) mass is 338 g/mol. The fourth-order valence-electron chi connectivity index (χ4n) is 1.19. The molecule has 0 spiro atoms. The molecule has 0 amide bonds. The van der Waals surface area contributed by atoms with Gasteiger partial charge in [0.25, 0.3) is 0 Å². The van der Waals surface area contributed by atoms with Crippen LogP contribution in [0.4, 0.5) is 9.59 Å². The number of hydrogen-bond donors (Lipinski definition) is 2. The zero-order valence-electron chi connectivity index (χ0n) is 13.9. The molecule has 0 bridgehead atoms. The van der Waals surface area contributed by atoms with E-state index in [2.05, 4.69) is 4.74 Å². The zero-order valence-corrected chi connectivity index (χ0v) is 13.9. The van der Waals surface area contributed by atoms with Crippen molar-refractivity contribution in [1.82, 2.24) is 0 Å². The van der Waals surface area contributed by atoms with Crippen LogP contribution in [-0.2, 0) is 23.7 Å². The summed E-state index contributed by atoms with van der Waals surface area (Å²) in [6.07, 6.45) is -4.20. The smallest absolute Gasteiger partial charge is 0.432 e. The number of aliphatic hydroxyl groups excluding tert-OH is 2. The summed E-state index contributed by atoms with van der Waals surface area (Å²) >= 11 is 0. The standard InChI is InChI=1S/C14H26O9/c1-9(16)6-20-13(17)23-12(4)8-19-11(3)7-21-14(18)22-10(2)5-15/h9-12,15-16H,5-8H2,1-4H3. The summed E-state index contributed by atoms with van der Waals surface area (Å²) in [5.74, 6) is 0. The second-order valence-corrected chi connectivity index (χ2v) is 5.15. The van der Waals surface area contributed by atoms with Crippen LogP contribution in [0.25, 0.3) is 0 Å². The predicted molar refractivity (Wildman–Crippen MR) is 78.0 cm³/mol. The number of hydrogen-bond acceptors (Lipinski definition) is 9. The highest BCUT2D eigenvalue weighted by atomic mass is 16.7. The molecule has 9 heteroatoms. The van der Waals surface area contributed by atoms with E-state index in [0.29, 0.717) is 0 Å². The third kappa shape index (κ3) is 12.6. The second kappa shape index (κ2) is 11.9. The van der Waals surface area contributed by atoms with Gasteiger partial charge in [-0.3, -0.25) is 0 Å². The van der Waals surface area contributed by atoms with Crippen LogP contribution in [-0.4, -0.2) is 73.4 Å². The predicted octanol–water partition coefficient (Wildman–Crippen LogP) is 0.848. The number of carbonyl (C=O) groups is 2. The van der Waals surface area contributed by atoms with E-state index in [-0.39, 0.29) is 26.4 Å². The molecule has 0 aliphatic rings. The SMILES string of the molecule is CC(O)COC(=O)OC(C)COC(C)COC(=O)OC(C)CO. The number of rotatable bonds is 10. The fraction of sp³-hybridized carbons (Fsp3) is 0.857. The van der Waals surface area contributed by atoms with Crippen LogP contribution in [0.2, 0.25) is 0 Å². The maximum atomic E-state index is 11.2. The Morgan fingerprint density at radius 1 is 0.826 bits per heavy atom. The molecule has 0 rings (SSSR count). The van der Waals surface area contributed by atoms with Crippen molar-refractivity contribution in [1.29, 1.82) is 0 Å². The zero-order chi connectivity index (χ0) is 17.8. The van der Waals surface area contributed by atoms with Crippen molar-refractivity contribution in [2.24, 2.45) is 0 Å². The van der Waals surface area contributed by atoms with Gasteiger partial charge >= 0.3 is 12.3 Å². The lowest BCUT2D eigenvalue weighted by molar-refractivity contribution is -0.0569. The van der Waals surface area contributed by atoms with Crippen LogP contribution < -0.4 is 0 Å². The van der Waals surface area contributed by atoms with Crippen LogP contribution >= 0.6 is 0 Å². The van der Waals surface area contributed by atoms with Gasteiger partial charge in [-0.05, 0) is 27.7 Å². The van der Waals surface area contributed by atoms with E-state index in [1.54, 1.807) is 13.8 Å². The van der Waals surface area contributed by atoms with Crippen molar-refractivity contribution in [3.8, 4) is 0 Å². The third-order valence-electron chi connectivity index (χ3n) is 2.35. The molecule has 0 aliphatic heterocycles. The average molecular weight is 338 g/mol. The topological polar surface area (TPSA) is 121 Å². The number of ether oxygens (including phenoxy) is 5. The molecule has 0 fully saturated rings. The minimum absolute atomic E-state index is 0.0455. The van der Waals surface area contributed by atoms with Crippen molar-refractivity contribution in [3.63, 3.8) is 0 Å². The normalized spacial score (nSPS) is 15.9. The average Bonchev–Trinajstić information content (AvgIpc) is 2.48. The lowest BCUT2D eigenvalue weighted by atomic mass is 10.4. The molecule has 4 unspecified atom stereocenters. The number of aliphatic hydroxyl groups is 2. The van der Waals surface area contributed by atoms with Crippen LogP contribution in [0.1, 0.15) is 27.7 Å². The summed E-state index contributed by atoms with van der Waals surface area (Å²) in [5.41, 5.74) is 0. The molecular weight excluding hydrogens is 312 g/mol. The van der Waals surface area contributed by atoms with Crippen molar-refractivity contribution >= 4 is 12.3 Å². The van der Waals surface area contributed by atoms with E-state index in [1.165, 1.54) is 13.8 Å². The van der Waals surface area contributed by atoms with Crippen molar-refractivity contribution in [2.45, 2.75) is 52.1 Å². The van der Waals surface area contributed by atoms with E-state index < -0.39 is 36.7 Å². The van der Waals surface area contributed by atoms with Crippen LogP contribution in [0, 0.1) is 0 Å². The molecule has 0 aromatic heterocycles. The minimum atomic E-state index is -0.896. The lowest BCUT2D eigenvalue weighted by Crippen LogP contribution is -2.28. The Labute approximate surface area is 135 Å². The summed E-state index contributed by atoms with van der Waals surface area (Å²) in [6, 6.07) is 0. The van der Waals surface area contributed by atoms with Crippen molar-refractivity contribution < 1.29 is 43.5 Å². The van der Waals surface area contributed by atoms with E-state index in [0.717, 1.165) is 0 Å². The quantitative estimate of drug-likeness (QED) is 0.558. The molecule has 2 N–H and O–H groups in total. The first-order valence-corrected chi connectivity index (χ1v) is 7.31. The highest BCUT2D eigenvalue weighted by Crippen LogP contribution is 2.01. The van der Waals surface area contributed by atoms with E-state index in [9.17, 15) is 9.59 Å². The van der Waals surface area contributed by atoms with Crippen LogP contribution in [0.5, 0.6) is 0 Å². The van der Waals surface area contributed by atoms with Crippen LogP contribution in [0.15, 0.2) is 0 Å². The molecule has 4 atom stereocenters. The Balaban J connectivity index is 3.80. The maximum absolute atomic E-state index is 11.2. The molecule has 0 radical (unpaired) electrons. The summed E-state index contributed by atoms with van der Waals surface area (Å²) in [5, 5.41) is 17.7. The van der Waals surface area contributed by atoms with E-state index in [1.807, 2.05) is 0 Å². The van der Waals surface area contributed by atoms with E-state index >= 15 is 0 Å². The highest BCUT2D eigenvalue weighted by Gasteiger charge is 2.15. The lowest BCUT2D eigenvalue weighted by Gasteiger charge is -2.18.